The minimum atomic E-state index is -1.29. The number of ether oxygens (including phenoxy) is 1. The third-order valence-corrected chi connectivity index (χ3v) is 2.96. The number of methoxy groups -OCH3 is 1. The van der Waals surface area contributed by atoms with Gasteiger partial charge < -0.3 is 20.1 Å². The van der Waals surface area contributed by atoms with Crippen LogP contribution in [0.3, 0.4) is 0 Å². The van der Waals surface area contributed by atoms with E-state index in [0.29, 0.717) is 0 Å². The third-order valence-electron chi connectivity index (χ3n) is 2.29. The van der Waals surface area contributed by atoms with Crippen molar-refractivity contribution in [1.29, 1.82) is 5.26 Å². The molecule has 1 rings (SSSR count). The molecule has 0 radical (unpaired) electrons. The molecule has 17 heavy (non-hydrogen) atoms. The molecular weight excluding hydrogens is 290 g/mol. The van der Waals surface area contributed by atoms with Crippen LogP contribution in [0.15, 0.2) is 12.1 Å². The highest BCUT2D eigenvalue weighted by Crippen LogP contribution is 2.36. The maximum Gasteiger partial charge on any atom is 0.163 e. The summed E-state index contributed by atoms with van der Waals surface area (Å²) in [5, 5.41) is 38.1. The number of rotatable bonds is 4. The first kappa shape index (κ1) is 13.8. The summed E-state index contributed by atoms with van der Waals surface area (Å²) in [5.74, 6) is -0.195. The van der Waals surface area contributed by atoms with Crippen LogP contribution in [0.1, 0.15) is 17.2 Å². The minimum Gasteiger partial charge on any atom is -0.504 e. The molecule has 3 N–H and O–H groups in total. The van der Waals surface area contributed by atoms with Gasteiger partial charge in [-0.2, -0.15) is 5.26 Å². The van der Waals surface area contributed by atoms with E-state index < -0.39 is 12.2 Å². The van der Waals surface area contributed by atoms with Gasteiger partial charge in [0.15, 0.2) is 11.5 Å². The van der Waals surface area contributed by atoms with Gasteiger partial charge in [-0.25, -0.2) is 0 Å². The van der Waals surface area contributed by atoms with Crippen molar-refractivity contribution in [3.8, 4) is 17.6 Å². The zero-order valence-corrected chi connectivity index (χ0v) is 10.7. The Morgan fingerprint density at radius 1 is 1.47 bits per heavy atom. The number of aromatic hydroxyl groups is 1. The highest BCUT2D eigenvalue weighted by atomic mass is 79.9. The van der Waals surface area contributed by atoms with E-state index in [1.165, 1.54) is 19.2 Å². The fourth-order valence-electron chi connectivity index (χ4n) is 1.37. The van der Waals surface area contributed by atoms with Gasteiger partial charge >= 0.3 is 0 Å². The molecule has 1 aromatic rings. The molecule has 0 aliphatic heterocycles. The molecule has 0 aromatic heterocycles. The zero-order chi connectivity index (χ0) is 13.0. The van der Waals surface area contributed by atoms with E-state index in [0.717, 1.165) is 0 Å². The topological polar surface area (TPSA) is 93.7 Å². The van der Waals surface area contributed by atoms with Crippen molar-refractivity contribution in [2.75, 3.05) is 12.4 Å². The molecule has 0 aliphatic carbocycles. The Balaban J connectivity index is 3.27. The summed E-state index contributed by atoms with van der Waals surface area (Å²) in [6.45, 7) is 0. The van der Waals surface area contributed by atoms with Crippen LogP contribution in [-0.4, -0.2) is 33.9 Å². The summed E-state index contributed by atoms with van der Waals surface area (Å²) >= 11 is 3.02. The van der Waals surface area contributed by atoms with Gasteiger partial charge in [-0.15, -0.1) is 0 Å². The number of nitrogens with zero attached hydrogens (tertiary/aromatic N) is 1. The smallest absolute Gasteiger partial charge is 0.163 e. The monoisotopic (exact) mass is 301 g/mol. The Labute approximate surface area is 107 Å². The fourth-order valence-corrected chi connectivity index (χ4v) is 1.72. The number of hydrogen-bond acceptors (Lipinski definition) is 5. The van der Waals surface area contributed by atoms with Gasteiger partial charge in [0.1, 0.15) is 6.10 Å². The highest BCUT2D eigenvalue weighted by Gasteiger charge is 2.23. The molecule has 0 fully saturated rings. The van der Waals surface area contributed by atoms with Crippen molar-refractivity contribution in [2.24, 2.45) is 0 Å². The summed E-state index contributed by atoms with van der Waals surface area (Å²) in [7, 11) is 1.34. The fraction of sp³-hybridized carbons (Fsp3) is 0.364. The maximum absolute atomic E-state index is 9.80. The molecule has 0 saturated carbocycles. The Morgan fingerprint density at radius 2 is 2.12 bits per heavy atom. The number of alkyl halides is 1. The van der Waals surface area contributed by atoms with E-state index in [1.807, 2.05) is 6.07 Å². The highest BCUT2D eigenvalue weighted by molar-refractivity contribution is 9.09. The molecule has 0 heterocycles. The Kier molecular flexibility index (Phi) is 4.75. The molecule has 0 saturated heterocycles. The molecule has 6 heteroatoms. The first-order valence-corrected chi connectivity index (χ1v) is 5.90. The average molecular weight is 302 g/mol. The number of aliphatic hydroxyl groups is 2. The average Bonchev–Trinajstić information content (AvgIpc) is 2.37. The second-order valence-electron chi connectivity index (χ2n) is 3.39. The van der Waals surface area contributed by atoms with Crippen LogP contribution in [0.25, 0.3) is 0 Å². The van der Waals surface area contributed by atoms with Gasteiger partial charge in [-0.3, -0.25) is 0 Å². The summed E-state index contributed by atoms with van der Waals surface area (Å²) in [6, 6.07) is 4.55. The van der Waals surface area contributed by atoms with Crippen LogP contribution in [0.4, 0.5) is 0 Å². The lowest BCUT2D eigenvalue weighted by molar-refractivity contribution is 0.0325. The molecule has 2 atom stereocenters. The lowest BCUT2D eigenvalue weighted by Crippen LogP contribution is -2.19. The van der Waals surface area contributed by atoms with Crippen LogP contribution >= 0.6 is 15.9 Å². The predicted molar refractivity (Wildman–Crippen MR) is 64.1 cm³/mol. The molecular formula is C11H12BrNO4. The van der Waals surface area contributed by atoms with Crippen molar-refractivity contribution in [1.82, 2.24) is 0 Å². The van der Waals surface area contributed by atoms with Crippen molar-refractivity contribution >= 4 is 15.9 Å². The Bertz CT molecular complexity index is 444. The second kappa shape index (κ2) is 5.87. The second-order valence-corrected chi connectivity index (χ2v) is 4.04. The summed E-state index contributed by atoms with van der Waals surface area (Å²) in [5.41, 5.74) is 0.295. The van der Waals surface area contributed by atoms with Gasteiger partial charge in [0.25, 0.3) is 0 Å². The SMILES string of the molecule is COc1cc(C#N)cc(C(O)C(O)CBr)c1O. The summed E-state index contributed by atoms with van der Waals surface area (Å²) in [6.07, 6.45) is -2.38. The van der Waals surface area contributed by atoms with Crippen LogP contribution in [0.2, 0.25) is 0 Å². The van der Waals surface area contributed by atoms with E-state index in [1.54, 1.807) is 0 Å². The lowest BCUT2D eigenvalue weighted by atomic mass is 10.0. The van der Waals surface area contributed by atoms with E-state index in [4.69, 9.17) is 10.00 Å². The molecule has 0 amide bonds. The van der Waals surface area contributed by atoms with Gasteiger partial charge in [0.05, 0.1) is 24.8 Å². The van der Waals surface area contributed by atoms with Crippen molar-refractivity contribution in [3.05, 3.63) is 23.3 Å². The molecule has 0 bridgehead atoms. The van der Waals surface area contributed by atoms with Crippen LogP contribution in [-0.2, 0) is 0 Å². The molecule has 0 aliphatic rings. The predicted octanol–water partition coefficient (Wildman–Crippen LogP) is 1.06. The van der Waals surface area contributed by atoms with Crippen molar-refractivity contribution in [2.45, 2.75) is 12.2 Å². The Hall–Kier alpha value is -1.29. The molecule has 2 unspecified atom stereocenters. The molecule has 5 nitrogen and oxygen atoms in total. The quantitative estimate of drug-likeness (QED) is 0.723. The lowest BCUT2D eigenvalue weighted by Gasteiger charge is -2.18. The largest absolute Gasteiger partial charge is 0.504 e. The zero-order valence-electron chi connectivity index (χ0n) is 9.09. The van der Waals surface area contributed by atoms with Crippen LogP contribution < -0.4 is 4.74 Å². The molecule has 92 valence electrons. The number of phenols is 1. The number of hydrogen-bond donors (Lipinski definition) is 3. The van der Waals surface area contributed by atoms with Gasteiger partial charge in [0.2, 0.25) is 0 Å². The minimum absolute atomic E-state index is 0.0628. The number of halogens is 1. The number of benzene rings is 1. The first-order chi connectivity index (χ1) is 8.04. The number of phenolic OH excluding ortho intramolecular Hbond substituents is 1. The van der Waals surface area contributed by atoms with Gasteiger partial charge in [-0.05, 0) is 6.07 Å². The molecule has 0 spiro atoms. The number of aliphatic hydroxyl groups excluding tert-OH is 2. The normalized spacial score (nSPS) is 13.8. The van der Waals surface area contributed by atoms with E-state index in [-0.39, 0.29) is 28.0 Å². The van der Waals surface area contributed by atoms with E-state index in [2.05, 4.69) is 15.9 Å². The van der Waals surface area contributed by atoms with Crippen LogP contribution in [0.5, 0.6) is 11.5 Å². The van der Waals surface area contributed by atoms with Gasteiger partial charge in [-0.1, -0.05) is 15.9 Å². The summed E-state index contributed by atoms with van der Waals surface area (Å²) < 4.78 is 4.89. The van der Waals surface area contributed by atoms with Crippen LogP contribution in [0, 0.1) is 11.3 Å². The van der Waals surface area contributed by atoms with E-state index >= 15 is 0 Å². The first-order valence-electron chi connectivity index (χ1n) is 4.78. The number of nitriles is 1. The van der Waals surface area contributed by atoms with Crippen molar-refractivity contribution in [3.63, 3.8) is 0 Å². The Morgan fingerprint density at radius 3 is 2.59 bits per heavy atom. The van der Waals surface area contributed by atoms with E-state index in [9.17, 15) is 15.3 Å². The van der Waals surface area contributed by atoms with Crippen molar-refractivity contribution < 1.29 is 20.1 Å². The third kappa shape index (κ3) is 2.88. The maximum atomic E-state index is 9.80. The van der Waals surface area contributed by atoms with Gasteiger partial charge in [0, 0.05) is 17.0 Å². The standard InChI is InChI=1S/C11H12BrNO4/c1-17-9-3-6(5-13)2-7(11(9)16)10(15)8(14)4-12/h2-3,8,10,14-16H,4H2,1H3. The summed E-state index contributed by atoms with van der Waals surface area (Å²) in [4.78, 5) is 0. The molecule has 1 aromatic carbocycles.